The van der Waals surface area contributed by atoms with E-state index in [0.717, 1.165) is 18.9 Å². The number of nitro benzene ring substituents is 1. The smallest absolute Gasteiger partial charge is 0.344 e. The zero-order valence-electron chi connectivity index (χ0n) is 10.7. The highest BCUT2D eigenvalue weighted by Gasteiger charge is 2.19. The lowest BCUT2D eigenvalue weighted by molar-refractivity contribution is -0.385. The summed E-state index contributed by atoms with van der Waals surface area (Å²) in [6.07, 6.45) is 1.64. The van der Waals surface area contributed by atoms with Crippen molar-refractivity contribution in [2.75, 3.05) is 13.2 Å². The molecule has 0 spiro atoms. The van der Waals surface area contributed by atoms with Gasteiger partial charge in [-0.25, -0.2) is 4.79 Å². The van der Waals surface area contributed by atoms with Gasteiger partial charge in [-0.2, -0.15) is 0 Å². The molecule has 110 valence electrons. The number of carbonyl (C=O) groups is 1. The third-order valence-corrected chi connectivity index (χ3v) is 3.03. The summed E-state index contributed by atoms with van der Waals surface area (Å²) in [6.45, 7) is 1.83. The molecule has 0 aliphatic rings. The molecule has 0 bridgehead atoms. The third kappa shape index (κ3) is 4.86. The molecule has 0 fully saturated rings. The molecule has 0 radical (unpaired) electrons. The van der Waals surface area contributed by atoms with Crippen LogP contribution in [0, 0.1) is 10.1 Å². The molecule has 0 N–H and O–H groups in total. The normalized spacial score (nSPS) is 10.2. The van der Waals surface area contributed by atoms with Crippen molar-refractivity contribution in [1.29, 1.82) is 0 Å². The average Bonchev–Trinajstić information content (AvgIpc) is 2.39. The van der Waals surface area contributed by atoms with Gasteiger partial charge in [0.2, 0.25) is 0 Å². The Morgan fingerprint density at radius 1 is 1.35 bits per heavy atom. The van der Waals surface area contributed by atoms with E-state index in [9.17, 15) is 14.9 Å². The van der Waals surface area contributed by atoms with Gasteiger partial charge in [-0.15, -0.1) is 0 Å². The highest BCUT2D eigenvalue weighted by atomic mass is 35.5. The average molecular weight is 322 g/mol. The van der Waals surface area contributed by atoms with Gasteiger partial charge in [0.25, 0.3) is 0 Å². The summed E-state index contributed by atoms with van der Waals surface area (Å²) in [7, 11) is 0. The van der Waals surface area contributed by atoms with Gasteiger partial charge >= 0.3 is 11.7 Å². The number of nitro groups is 1. The second-order valence-electron chi connectivity index (χ2n) is 3.85. The first-order valence-corrected chi connectivity index (χ1v) is 6.63. The summed E-state index contributed by atoms with van der Waals surface area (Å²) in [5, 5.41) is 11.0. The Hall–Kier alpha value is -1.53. The molecular formula is C12H13Cl2NO5. The summed E-state index contributed by atoms with van der Waals surface area (Å²) in [6, 6.07) is 2.27. The molecule has 20 heavy (non-hydrogen) atoms. The Kier molecular flexibility index (Phi) is 6.54. The third-order valence-electron chi connectivity index (χ3n) is 2.31. The Morgan fingerprint density at radius 3 is 2.60 bits per heavy atom. The van der Waals surface area contributed by atoms with Crippen molar-refractivity contribution in [3.8, 4) is 5.75 Å². The summed E-state index contributed by atoms with van der Waals surface area (Å²) < 4.78 is 9.93. The van der Waals surface area contributed by atoms with Crippen LogP contribution in [0.15, 0.2) is 12.1 Å². The number of nitrogens with zero attached hydrogens (tertiary/aromatic N) is 1. The molecule has 0 heterocycles. The number of benzene rings is 1. The maximum atomic E-state index is 11.3. The van der Waals surface area contributed by atoms with Gasteiger partial charge < -0.3 is 9.47 Å². The minimum absolute atomic E-state index is 0.0382. The van der Waals surface area contributed by atoms with Crippen molar-refractivity contribution in [3.05, 3.63) is 32.3 Å². The quantitative estimate of drug-likeness (QED) is 0.331. The number of hydrogen-bond donors (Lipinski definition) is 0. The molecule has 0 unspecified atom stereocenters. The van der Waals surface area contributed by atoms with E-state index in [-0.39, 0.29) is 21.5 Å². The lowest BCUT2D eigenvalue weighted by atomic mass is 10.3. The van der Waals surface area contributed by atoms with E-state index in [1.807, 2.05) is 6.92 Å². The molecule has 0 saturated carbocycles. The Balaban J connectivity index is 2.69. The Labute approximate surface area is 125 Å². The standard InChI is InChI=1S/C12H13Cl2NO5/c1-2-3-4-19-12(16)7-20-11-6-9(14)8(13)5-10(11)15(17)18/h5-6H,2-4,7H2,1H3. The Morgan fingerprint density at radius 2 is 2.00 bits per heavy atom. The molecule has 0 saturated heterocycles. The largest absolute Gasteiger partial charge is 0.475 e. The maximum absolute atomic E-state index is 11.3. The fraction of sp³-hybridized carbons (Fsp3) is 0.417. The van der Waals surface area contributed by atoms with Crippen molar-refractivity contribution >= 4 is 34.9 Å². The number of hydrogen-bond acceptors (Lipinski definition) is 5. The highest BCUT2D eigenvalue weighted by Crippen LogP contribution is 2.35. The Bertz CT molecular complexity index is 507. The van der Waals surface area contributed by atoms with E-state index in [1.165, 1.54) is 6.07 Å². The van der Waals surface area contributed by atoms with Crippen LogP contribution in [0.1, 0.15) is 19.8 Å². The van der Waals surface area contributed by atoms with Crippen molar-refractivity contribution in [2.45, 2.75) is 19.8 Å². The topological polar surface area (TPSA) is 78.7 Å². The SMILES string of the molecule is CCCCOC(=O)COc1cc(Cl)c(Cl)cc1[N+](=O)[O-]. The molecule has 1 aromatic carbocycles. The lowest BCUT2D eigenvalue weighted by Crippen LogP contribution is -2.16. The molecule has 6 nitrogen and oxygen atoms in total. The van der Waals surface area contributed by atoms with Crippen molar-refractivity contribution in [1.82, 2.24) is 0 Å². The number of halogens is 2. The fourth-order valence-electron chi connectivity index (χ4n) is 1.29. The van der Waals surface area contributed by atoms with E-state index in [0.29, 0.717) is 6.61 Å². The molecule has 0 aromatic heterocycles. The summed E-state index contributed by atoms with van der Waals surface area (Å²) in [5.74, 6) is -0.726. The van der Waals surface area contributed by atoms with Crippen LogP contribution >= 0.6 is 23.2 Å². The molecule has 0 aliphatic carbocycles. The fourth-order valence-corrected chi connectivity index (χ4v) is 1.60. The number of esters is 1. The number of rotatable bonds is 7. The number of ether oxygens (including phenoxy) is 2. The van der Waals surface area contributed by atoms with Gasteiger partial charge in [-0.3, -0.25) is 10.1 Å². The van der Waals surface area contributed by atoms with Crippen molar-refractivity contribution in [3.63, 3.8) is 0 Å². The van der Waals surface area contributed by atoms with Gasteiger partial charge in [-0.05, 0) is 6.42 Å². The van der Waals surface area contributed by atoms with Crippen LogP contribution in [0.3, 0.4) is 0 Å². The van der Waals surface area contributed by atoms with E-state index in [1.54, 1.807) is 0 Å². The maximum Gasteiger partial charge on any atom is 0.344 e. The zero-order chi connectivity index (χ0) is 15.1. The minimum Gasteiger partial charge on any atom is -0.475 e. The molecule has 1 aromatic rings. The van der Waals surface area contributed by atoms with E-state index in [2.05, 4.69) is 0 Å². The molecule has 0 amide bonds. The van der Waals surface area contributed by atoms with Crippen LogP contribution in [0.4, 0.5) is 5.69 Å². The van der Waals surface area contributed by atoms with Crippen LogP contribution in [0.5, 0.6) is 5.75 Å². The van der Waals surface area contributed by atoms with Gasteiger partial charge in [0, 0.05) is 12.1 Å². The van der Waals surface area contributed by atoms with Crippen LogP contribution in [-0.4, -0.2) is 24.1 Å². The summed E-state index contributed by atoms with van der Waals surface area (Å²) in [5.41, 5.74) is -0.360. The number of carbonyl (C=O) groups excluding carboxylic acids is 1. The second kappa shape index (κ2) is 7.91. The van der Waals surface area contributed by atoms with Crippen molar-refractivity contribution in [2.24, 2.45) is 0 Å². The molecule has 0 aliphatic heterocycles. The number of unbranched alkanes of at least 4 members (excludes halogenated alkanes) is 1. The first-order chi connectivity index (χ1) is 9.45. The summed E-state index contributed by atoms with van der Waals surface area (Å²) in [4.78, 5) is 21.5. The minimum atomic E-state index is -0.667. The lowest BCUT2D eigenvalue weighted by Gasteiger charge is -2.08. The van der Waals surface area contributed by atoms with E-state index >= 15 is 0 Å². The van der Waals surface area contributed by atoms with Gasteiger partial charge in [0.05, 0.1) is 21.6 Å². The highest BCUT2D eigenvalue weighted by molar-refractivity contribution is 6.42. The van der Waals surface area contributed by atoms with Crippen molar-refractivity contribution < 1.29 is 19.2 Å². The van der Waals surface area contributed by atoms with Gasteiger partial charge in [-0.1, -0.05) is 36.5 Å². The molecule has 8 heteroatoms. The van der Waals surface area contributed by atoms with Gasteiger partial charge in [0.15, 0.2) is 12.4 Å². The zero-order valence-corrected chi connectivity index (χ0v) is 12.2. The molecule has 1 rings (SSSR count). The first kappa shape index (κ1) is 16.5. The predicted molar refractivity (Wildman–Crippen MR) is 74.5 cm³/mol. The molecular weight excluding hydrogens is 309 g/mol. The second-order valence-corrected chi connectivity index (χ2v) is 4.67. The van der Waals surface area contributed by atoms with E-state index < -0.39 is 17.5 Å². The monoisotopic (exact) mass is 321 g/mol. The van der Waals surface area contributed by atoms with Crippen LogP contribution in [0.2, 0.25) is 10.0 Å². The summed E-state index contributed by atoms with van der Waals surface area (Å²) >= 11 is 11.5. The van der Waals surface area contributed by atoms with E-state index in [4.69, 9.17) is 32.7 Å². The van der Waals surface area contributed by atoms with Crippen LogP contribution in [-0.2, 0) is 9.53 Å². The van der Waals surface area contributed by atoms with Crippen LogP contribution in [0.25, 0.3) is 0 Å². The van der Waals surface area contributed by atoms with Crippen LogP contribution < -0.4 is 4.74 Å². The first-order valence-electron chi connectivity index (χ1n) is 5.87. The molecule has 0 atom stereocenters. The van der Waals surface area contributed by atoms with Gasteiger partial charge in [0.1, 0.15) is 0 Å². The predicted octanol–water partition coefficient (Wildman–Crippen LogP) is 3.62.